The molecule has 0 amide bonds. The molecular weight excluding hydrogens is 347 g/mol. The van der Waals surface area contributed by atoms with Gasteiger partial charge in [-0.25, -0.2) is 4.79 Å². The van der Waals surface area contributed by atoms with Crippen LogP contribution in [0.25, 0.3) is 0 Å². The van der Waals surface area contributed by atoms with Gasteiger partial charge in [-0.3, -0.25) is 18.9 Å². The van der Waals surface area contributed by atoms with Crippen LogP contribution in [0.1, 0.15) is 6.23 Å². The number of rotatable bonds is 11. The van der Waals surface area contributed by atoms with Gasteiger partial charge in [0.2, 0.25) is 0 Å². The predicted octanol–water partition coefficient (Wildman–Crippen LogP) is -0.523. The number of hydrogen-bond acceptors (Lipinski definition) is 8. The van der Waals surface area contributed by atoms with Crippen LogP contribution < -0.4 is 11.2 Å². The Hall–Kier alpha value is -1.33. The number of nitrogens with zero attached hydrogens (tertiary/aromatic N) is 1. The molecule has 1 rings (SSSR count). The van der Waals surface area contributed by atoms with E-state index in [1.54, 1.807) is 0 Å². The van der Waals surface area contributed by atoms with Crippen LogP contribution in [-0.4, -0.2) is 61.6 Å². The summed E-state index contributed by atoms with van der Waals surface area (Å²) in [4.78, 5) is 34.4. The lowest BCUT2D eigenvalue weighted by Gasteiger charge is -2.25. The molecule has 3 atom stereocenters. The molecule has 12 heteroatoms. The minimum atomic E-state index is -3.90. The lowest BCUT2D eigenvalue weighted by Crippen LogP contribution is -2.37. The van der Waals surface area contributed by atoms with Crippen molar-refractivity contribution < 1.29 is 32.9 Å². The van der Waals surface area contributed by atoms with Crippen molar-refractivity contribution in [3.8, 4) is 0 Å². The van der Waals surface area contributed by atoms with Crippen molar-refractivity contribution in [1.29, 1.82) is 0 Å². The van der Waals surface area contributed by atoms with Gasteiger partial charge in [-0.05, 0) is 0 Å². The molecule has 0 aromatic carbocycles. The highest BCUT2D eigenvalue weighted by atomic mass is 31.2. The van der Waals surface area contributed by atoms with Gasteiger partial charge in [-0.2, -0.15) is 0 Å². The molecule has 2 N–H and O–H groups in total. The number of ether oxygens (including phenoxy) is 4. The van der Waals surface area contributed by atoms with Crippen LogP contribution in [0.5, 0.6) is 0 Å². The minimum absolute atomic E-state index is 0.0451. The van der Waals surface area contributed by atoms with Crippen molar-refractivity contribution in [1.82, 2.24) is 9.55 Å². The maximum Gasteiger partial charge on any atom is 0.353 e. The molecule has 0 aliphatic carbocycles. The molecule has 0 fully saturated rings. The molecule has 0 saturated heterocycles. The normalized spacial score (nSPS) is 16.5. The second-order valence-corrected chi connectivity index (χ2v) is 6.46. The van der Waals surface area contributed by atoms with Crippen LogP contribution in [0.2, 0.25) is 0 Å². The summed E-state index contributed by atoms with van der Waals surface area (Å²) in [5.41, 5.74) is -1.26. The first-order chi connectivity index (χ1) is 11.3. The van der Waals surface area contributed by atoms with Gasteiger partial charge in [0.05, 0.1) is 13.2 Å². The summed E-state index contributed by atoms with van der Waals surface area (Å²) in [6, 6.07) is 1.15. The maximum atomic E-state index is 11.9. The Labute approximate surface area is 137 Å². The first kappa shape index (κ1) is 20.7. The second kappa shape index (κ2) is 9.84. The number of H-pyrrole nitrogens is 1. The van der Waals surface area contributed by atoms with E-state index in [4.69, 9.17) is 18.9 Å². The molecule has 0 spiro atoms. The van der Waals surface area contributed by atoms with Crippen molar-refractivity contribution in [3.63, 3.8) is 0 Å². The van der Waals surface area contributed by atoms with E-state index in [1.165, 1.54) is 20.4 Å². The van der Waals surface area contributed by atoms with Crippen LogP contribution in [0.15, 0.2) is 21.9 Å². The Morgan fingerprint density at radius 1 is 1.25 bits per heavy atom. The van der Waals surface area contributed by atoms with Crippen molar-refractivity contribution in [2.75, 3.05) is 40.9 Å². The molecule has 0 radical (unpaired) electrons. The molecule has 1 heterocycles. The molecule has 0 aliphatic rings. The predicted molar refractivity (Wildman–Crippen MR) is 81.8 cm³/mol. The van der Waals surface area contributed by atoms with Gasteiger partial charge in [0, 0.05) is 33.6 Å². The Morgan fingerprint density at radius 3 is 2.46 bits per heavy atom. The zero-order valence-electron chi connectivity index (χ0n) is 13.5. The third kappa shape index (κ3) is 6.65. The van der Waals surface area contributed by atoms with Crippen LogP contribution in [0.4, 0.5) is 0 Å². The number of methoxy groups -OCH3 is 2. The Balaban J connectivity index is 2.91. The molecule has 1 aromatic heterocycles. The number of aromatic nitrogens is 2. The van der Waals surface area contributed by atoms with Gasteiger partial charge in [0.25, 0.3) is 5.56 Å². The monoisotopic (exact) mass is 368 g/mol. The quantitative estimate of drug-likeness (QED) is 0.390. The van der Waals surface area contributed by atoms with Crippen LogP contribution in [-0.2, 0) is 28.0 Å². The average molecular weight is 368 g/mol. The standard InChI is InChI=1S/C12H21N2O9P/c1-19-6-10(14-5-4-9(15)13-12(14)16)23-11(7-20-2)22-8-24(17,18)21-3/h4-5,10-11H,6-8H2,1-3H3,(H,17,18)(H,13,15,16)/t10-,11-/m1/s1. The van der Waals surface area contributed by atoms with E-state index < -0.39 is 37.7 Å². The summed E-state index contributed by atoms with van der Waals surface area (Å²) in [7, 11) is -0.0536. The summed E-state index contributed by atoms with van der Waals surface area (Å²) < 4.78 is 37.6. The van der Waals surface area contributed by atoms with Gasteiger partial charge >= 0.3 is 13.3 Å². The molecule has 1 unspecified atom stereocenters. The highest BCUT2D eigenvalue weighted by Crippen LogP contribution is 2.40. The third-order valence-electron chi connectivity index (χ3n) is 2.79. The second-order valence-electron chi connectivity index (χ2n) is 4.56. The van der Waals surface area contributed by atoms with E-state index in [9.17, 15) is 19.0 Å². The average Bonchev–Trinajstić information content (AvgIpc) is 2.52. The maximum absolute atomic E-state index is 11.9. The van der Waals surface area contributed by atoms with Gasteiger partial charge in [-0.1, -0.05) is 0 Å². The molecule has 24 heavy (non-hydrogen) atoms. The summed E-state index contributed by atoms with van der Waals surface area (Å²) in [6.45, 7) is -0.126. The number of nitrogens with one attached hydrogen (secondary N) is 1. The Kier molecular flexibility index (Phi) is 8.50. The molecular formula is C12H21N2O9P. The van der Waals surface area contributed by atoms with Crippen LogP contribution >= 0.6 is 7.60 Å². The zero-order valence-corrected chi connectivity index (χ0v) is 14.4. The topological polar surface area (TPSA) is 138 Å². The fourth-order valence-corrected chi connectivity index (χ4v) is 2.11. The van der Waals surface area contributed by atoms with E-state index in [0.717, 1.165) is 17.7 Å². The van der Waals surface area contributed by atoms with E-state index in [0.29, 0.717) is 0 Å². The lowest BCUT2D eigenvalue weighted by molar-refractivity contribution is -0.214. The summed E-state index contributed by atoms with van der Waals surface area (Å²) >= 11 is 0. The highest BCUT2D eigenvalue weighted by Gasteiger charge is 2.24. The fraction of sp³-hybridized carbons (Fsp3) is 0.667. The van der Waals surface area contributed by atoms with Gasteiger partial charge in [0.1, 0.15) is 0 Å². The minimum Gasteiger partial charge on any atom is -0.380 e. The fourth-order valence-electron chi connectivity index (χ4n) is 1.65. The van der Waals surface area contributed by atoms with Crippen molar-refractivity contribution in [2.24, 2.45) is 0 Å². The third-order valence-corrected chi connectivity index (χ3v) is 3.84. The summed E-state index contributed by atoms with van der Waals surface area (Å²) in [5.74, 6) is 0. The Morgan fingerprint density at radius 2 is 1.92 bits per heavy atom. The molecule has 0 aliphatic heterocycles. The lowest BCUT2D eigenvalue weighted by atomic mass is 10.5. The van der Waals surface area contributed by atoms with Crippen molar-refractivity contribution >= 4 is 7.60 Å². The van der Waals surface area contributed by atoms with Gasteiger partial charge in [-0.15, -0.1) is 0 Å². The highest BCUT2D eigenvalue weighted by molar-refractivity contribution is 7.52. The summed E-state index contributed by atoms with van der Waals surface area (Å²) in [5, 5.41) is 0. The first-order valence-corrected chi connectivity index (χ1v) is 8.53. The van der Waals surface area contributed by atoms with Crippen molar-refractivity contribution in [3.05, 3.63) is 33.1 Å². The van der Waals surface area contributed by atoms with E-state index in [2.05, 4.69) is 9.51 Å². The Bertz CT molecular complexity index is 658. The smallest absolute Gasteiger partial charge is 0.353 e. The van der Waals surface area contributed by atoms with Gasteiger partial charge < -0.3 is 28.4 Å². The largest absolute Gasteiger partial charge is 0.380 e. The molecule has 0 bridgehead atoms. The van der Waals surface area contributed by atoms with E-state index >= 15 is 0 Å². The van der Waals surface area contributed by atoms with E-state index in [-0.39, 0.29) is 13.2 Å². The molecule has 11 nitrogen and oxygen atoms in total. The molecule has 1 aromatic rings. The SMILES string of the molecule is COC[C@H](OCP(=O)(O)OC)O[C@H](COC)n1ccc(=O)[nH]c1=O. The van der Waals surface area contributed by atoms with Crippen LogP contribution in [0.3, 0.4) is 0 Å². The van der Waals surface area contributed by atoms with Crippen LogP contribution in [0, 0.1) is 0 Å². The number of aromatic amines is 1. The first-order valence-electron chi connectivity index (χ1n) is 6.77. The van der Waals surface area contributed by atoms with E-state index in [1.807, 2.05) is 0 Å². The van der Waals surface area contributed by atoms with Gasteiger partial charge in [0.15, 0.2) is 18.9 Å². The zero-order chi connectivity index (χ0) is 18.2. The molecule has 138 valence electrons. The summed E-state index contributed by atoms with van der Waals surface area (Å²) in [6.07, 6.45) is -1.43. The molecule has 0 saturated carbocycles. The number of hydrogen-bond donors (Lipinski definition) is 2. The van der Waals surface area contributed by atoms with Crippen molar-refractivity contribution in [2.45, 2.75) is 12.5 Å².